The van der Waals surface area contributed by atoms with Gasteiger partial charge in [-0.2, -0.15) is 4.98 Å². The normalized spacial score (nSPS) is 11.0. The first kappa shape index (κ1) is 13.4. The number of hydrogen-bond acceptors (Lipinski definition) is 5. The minimum absolute atomic E-state index is 0.130. The molecular formula is C17H12N4O2. The monoisotopic (exact) mass is 304 g/mol. The van der Waals surface area contributed by atoms with Crippen molar-refractivity contribution in [3.8, 4) is 23.0 Å². The fraction of sp³-hybridized carbons (Fsp3) is 0.0588. The average Bonchev–Trinajstić information content (AvgIpc) is 3.09. The van der Waals surface area contributed by atoms with Gasteiger partial charge in [0.15, 0.2) is 0 Å². The lowest BCUT2D eigenvalue weighted by atomic mass is 10.1. The summed E-state index contributed by atoms with van der Waals surface area (Å²) in [5, 5.41) is 4.53. The smallest absolute Gasteiger partial charge is 0.263 e. The Morgan fingerprint density at radius 3 is 2.74 bits per heavy atom. The van der Waals surface area contributed by atoms with Gasteiger partial charge in [-0.1, -0.05) is 23.4 Å². The molecule has 3 aromatic heterocycles. The lowest BCUT2D eigenvalue weighted by molar-refractivity contribution is 0.431. The number of nitrogens with zero attached hydrogens (tertiary/aromatic N) is 4. The van der Waals surface area contributed by atoms with Crippen LogP contribution in [0, 0.1) is 0 Å². The number of hydrogen-bond donors (Lipinski definition) is 0. The maximum atomic E-state index is 12.7. The molecule has 0 spiro atoms. The van der Waals surface area contributed by atoms with Crippen molar-refractivity contribution in [2.75, 3.05) is 0 Å². The SMILES string of the molecule is Cn1cc(-c2nc(-c3ccccn3)no2)c(=O)c2ccccc21. The van der Waals surface area contributed by atoms with Crippen LogP contribution in [0.4, 0.5) is 0 Å². The van der Waals surface area contributed by atoms with Gasteiger partial charge >= 0.3 is 0 Å². The molecule has 0 atom stereocenters. The summed E-state index contributed by atoms with van der Waals surface area (Å²) in [5.41, 5.74) is 1.70. The summed E-state index contributed by atoms with van der Waals surface area (Å²) >= 11 is 0. The molecule has 0 saturated heterocycles. The van der Waals surface area contributed by atoms with Crippen molar-refractivity contribution >= 4 is 10.9 Å². The Hall–Kier alpha value is -3.28. The van der Waals surface area contributed by atoms with Gasteiger partial charge in [0.05, 0.1) is 5.52 Å². The topological polar surface area (TPSA) is 73.8 Å². The van der Waals surface area contributed by atoms with Crippen molar-refractivity contribution in [1.29, 1.82) is 0 Å². The number of para-hydroxylation sites is 1. The molecule has 0 aliphatic rings. The van der Waals surface area contributed by atoms with Crippen molar-refractivity contribution in [3.63, 3.8) is 0 Å². The number of benzene rings is 1. The Morgan fingerprint density at radius 1 is 1.09 bits per heavy atom. The van der Waals surface area contributed by atoms with Crippen LogP contribution in [0.25, 0.3) is 33.9 Å². The van der Waals surface area contributed by atoms with E-state index in [2.05, 4.69) is 15.1 Å². The van der Waals surface area contributed by atoms with Gasteiger partial charge in [0.2, 0.25) is 11.3 Å². The quantitative estimate of drug-likeness (QED) is 0.569. The Morgan fingerprint density at radius 2 is 1.91 bits per heavy atom. The number of rotatable bonds is 2. The molecule has 4 aromatic rings. The molecule has 0 radical (unpaired) electrons. The predicted molar refractivity (Wildman–Crippen MR) is 85.7 cm³/mol. The molecule has 0 bridgehead atoms. The molecule has 0 aliphatic heterocycles. The standard InChI is InChI=1S/C17H12N4O2/c1-21-10-12(15(22)11-6-2-3-8-14(11)21)17-19-16(20-23-17)13-7-4-5-9-18-13/h2-10H,1H3. The first-order chi connectivity index (χ1) is 11.2. The summed E-state index contributed by atoms with van der Waals surface area (Å²) in [6, 6.07) is 12.9. The van der Waals surface area contributed by atoms with Crippen molar-refractivity contribution in [1.82, 2.24) is 19.7 Å². The summed E-state index contributed by atoms with van der Waals surface area (Å²) < 4.78 is 7.15. The van der Waals surface area contributed by atoms with E-state index in [4.69, 9.17) is 4.52 Å². The van der Waals surface area contributed by atoms with Gasteiger partial charge in [-0.15, -0.1) is 0 Å². The van der Waals surface area contributed by atoms with E-state index < -0.39 is 0 Å². The zero-order valence-electron chi connectivity index (χ0n) is 12.3. The van der Waals surface area contributed by atoms with Gasteiger partial charge in [0, 0.05) is 24.8 Å². The Bertz CT molecular complexity index is 1050. The predicted octanol–water partition coefficient (Wildman–Crippen LogP) is 2.65. The van der Waals surface area contributed by atoms with Crippen molar-refractivity contribution in [2.45, 2.75) is 0 Å². The maximum absolute atomic E-state index is 12.7. The molecular weight excluding hydrogens is 292 g/mol. The molecule has 23 heavy (non-hydrogen) atoms. The molecule has 0 N–H and O–H groups in total. The van der Waals surface area contributed by atoms with Crippen molar-refractivity contribution in [2.24, 2.45) is 7.05 Å². The minimum atomic E-state index is -0.130. The molecule has 112 valence electrons. The highest BCUT2D eigenvalue weighted by Crippen LogP contribution is 2.20. The van der Waals surface area contributed by atoms with Gasteiger partial charge in [-0.3, -0.25) is 9.78 Å². The fourth-order valence-corrected chi connectivity index (χ4v) is 2.52. The Kier molecular flexibility index (Phi) is 3.01. The number of fused-ring (bicyclic) bond motifs is 1. The molecule has 6 nitrogen and oxygen atoms in total. The average molecular weight is 304 g/mol. The number of aromatic nitrogens is 4. The second-order valence-electron chi connectivity index (χ2n) is 5.14. The zero-order chi connectivity index (χ0) is 15.8. The highest BCUT2D eigenvalue weighted by atomic mass is 16.5. The molecule has 3 heterocycles. The van der Waals surface area contributed by atoms with Crippen LogP contribution in [0.5, 0.6) is 0 Å². The van der Waals surface area contributed by atoms with Crippen LogP contribution in [-0.4, -0.2) is 19.7 Å². The molecule has 4 rings (SSSR count). The van der Waals surface area contributed by atoms with Gasteiger partial charge < -0.3 is 9.09 Å². The van der Waals surface area contributed by atoms with E-state index in [1.807, 2.05) is 41.9 Å². The first-order valence-corrected chi connectivity index (χ1v) is 7.08. The lowest BCUT2D eigenvalue weighted by Crippen LogP contribution is -2.10. The van der Waals surface area contributed by atoms with Crippen molar-refractivity contribution < 1.29 is 4.52 Å². The first-order valence-electron chi connectivity index (χ1n) is 7.08. The summed E-state index contributed by atoms with van der Waals surface area (Å²) in [5.74, 6) is 0.549. The van der Waals surface area contributed by atoms with E-state index in [9.17, 15) is 4.79 Å². The highest BCUT2D eigenvalue weighted by molar-refractivity contribution is 5.82. The second-order valence-corrected chi connectivity index (χ2v) is 5.14. The lowest BCUT2D eigenvalue weighted by Gasteiger charge is -2.06. The summed E-state index contributed by atoms with van der Waals surface area (Å²) in [7, 11) is 1.88. The van der Waals surface area contributed by atoms with E-state index in [1.54, 1.807) is 24.5 Å². The summed E-state index contributed by atoms with van der Waals surface area (Å²) in [6.45, 7) is 0. The fourth-order valence-electron chi connectivity index (χ4n) is 2.52. The molecule has 1 aromatic carbocycles. The maximum Gasteiger partial charge on any atom is 0.263 e. The van der Waals surface area contributed by atoms with Gasteiger partial charge in [0.25, 0.3) is 5.89 Å². The van der Waals surface area contributed by atoms with Gasteiger partial charge in [-0.25, -0.2) is 0 Å². The molecule has 0 amide bonds. The third-order valence-electron chi connectivity index (χ3n) is 3.65. The van der Waals surface area contributed by atoms with Gasteiger partial charge in [-0.05, 0) is 24.3 Å². The Balaban J connectivity index is 1.89. The largest absolute Gasteiger partial charge is 0.350 e. The molecule has 0 fully saturated rings. The molecule has 0 unspecified atom stereocenters. The second kappa shape index (κ2) is 5.17. The number of pyridine rings is 2. The van der Waals surface area contributed by atoms with E-state index in [1.165, 1.54) is 0 Å². The van der Waals surface area contributed by atoms with E-state index in [0.717, 1.165) is 5.52 Å². The molecule has 0 saturated carbocycles. The summed E-state index contributed by atoms with van der Waals surface area (Å²) in [6.07, 6.45) is 3.36. The molecule has 6 heteroatoms. The van der Waals surface area contributed by atoms with Crippen LogP contribution in [0.15, 0.2) is 64.2 Å². The van der Waals surface area contributed by atoms with Crippen LogP contribution in [-0.2, 0) is 7.05 Å². The van der Waals surface area contributed by atoms with Crippen molar-refractivity contribution in [3.05, 3.63) is 65.1 Å². The minimum Gasteiger partial charge on any atom is -0.350 e. The third kappa shape index (κ3) is 2.20. The van der Waals surface area contributed by atoms with Crippen LogP contribution >= 0.6 is 0 Å². The third-order valence-corrected chi connectivity index (χ3v) is 3.65. The van der Waals surface area contributed by atoms with Crippen LogP contribution in [0.2, 0.25) is 0 Å². The highest BCUT2D eigenvalue weighted by Gasteiger charge is 2.16. The number of aryl methyl sites for hydroxylation is 1. The van der Waals surface area contributed by atoms with Crippen LogP contribution in [0.3, 0.4) is 0 Å². The zero-order valence-corrected chi connectivity index (χ0v) is 12.3. The summed E-state index contributed by atoms with van der Waals surface area (Å²) in [4.78, 5) is 21.2. The molecule has 0 aliphatic carbocycles. The van der Waals surface area contributed by atoms with E-state index in [0.29, 0.717) is 22.5 Å². The van der Waals surface area contributed by atoms with Gasteiger partial charge in [0.1, 0.15) is 11.3 Å². The van der Waals surface area contributed by atoms with Crippen LogP contribution < -0.4 is 5.43 Å². The Labute approximate surface area is 131 Å². The van der Waals surface area contributed by atoms with Crippen LogP contribution in [0.1, 0.15) is 0 Å². The van der Waals surface area contributed by atoms with E-state index >= 15 is 0 Å². The van der Waals surface area contributed by atoms with E-state index in [-0.39, 0.29) is 11.3 Å².